The molecular weight excluding hydrogens is 342 g/mol. The van der Waals surface area contributed by atoms with Crippen molar-refractivity contribution in [2.75, 3.05) is 11.4 Å². The number of aromatic nitrogens is 2. The summed E-state index contributed by atoms with van der Waals surface area (Å²) >= 11 is 9.39. The molecule has 1 unspecified atom stereocenters. The molecule has 0 radical (unpaired) electrons. The fraction of sp³-hybridized carbons (Fsp3) is 0.214. The van der Waals surface area contributed by atoms with E-state index in [1.165, 1.54) is 0 Å². The topological polar surface area (TPSA) is 46.1 Å². The van der Waals surface area contributed by atoms with Gasteiger partial charge in [-0.3, -0.25) is 9.69 Å². The van der Waals surface area contributed by atoms with Gasteiger partial charge in [0.25, 0.3) is 0 Å². The molecule has 1 fully saturated rings. The average Bonchev–Trinajstić information content (AvgIpc) is 2.79. The summed E-state index contributed by atoms with van der Waals surface area (Å²) in [6.45, 7) is 4.33. The van der Waals surface area contributed by atoms with E-state index in [4.69, 9.17) is 11.6 Å². The van der Waals surface area contributed by atoms with E-state index < -0.39 is 0 Å². The van der Waals surface area contributed by atoms with Crippen LogP contribution in [-0.4, -0.2) is 22.4 Å². The lowest BCUT2D eigenvalue weighted by Gasteiger charge is -2.17. The highest BCUT2D eigenvalue weighted by Gasteiger charge is 2.31. The van der Waals surface area contributed by atoms with Gasteiger partial charge in [0, 0.05) is 28.7 Å². The molecule has 0 saturated carbocycles. The number of anilines is 1. The minimum Gasteiger partial charge on any atom is -0.296 e. The number of carbonyl (C=O) groups excluding carboxylic acids is 1. The molecule has 102 valence electrons. The highest BCUT2D eigenvalue weighted by molar-refractivity contribution is 9.10. The largest absolute Gasteiger partial charge is 0.296 e. The summed E-state index contributed by atoms with van der Waals surface area (Å²) in [6, 6.07) is 5.63. The van der Waals surface area contributed by atoms with Crippen molar-refractivity contribution in [3.63, 3.8) is 0 Å². The summed E-state index contributed by atoms with van der Waals surface area (Å²) in [6.07, 6.45) is 2.26. The zero-order valence-corrected chi connectivity index (χ0v) is 12.9. The molecule has 1 atom stereocenters. The van der Waals surface area contributed by atoms with E-state index in [0.717, 1.165) is 15.4 Å². The van der Waals surface area contributed by atoms with Crippen LogP contribution in [0.3, 0.4) is 0 Å². The molecule has 1 saturated heterocycles. The van der Waals surface area contributed by atoms with Crippen LogP contribution in [0, 0.1) is 5.92 Å². The van der Waals surface area contributed by atoms with Gasteiger partial charge in [-0.05, 0) is 29.8 Å². The zero-order chi connectivity index (χ0) is 14.3. The normalized spacial score (nSPS) is 18.8. The Morgan fingerprint density at radius 3 is 2.95 bits per heavy atom. The summed E-state index contributed by atoms with van der Waals surface area (Å²) in [5.74, 6) is 0.750. The molecule has 2 heterocycles. The van der Waals surface area contributed by atoms with Crippen LogP contribution in [0.1, 0.15) is 6.42 Å². The van der Waals surface area contributed by atoms with E-state index in [1.54, 1.807) is 11.0 Å². The Morgan fingerprint density at radius 2 is 2.25 bits per heavy atom. The second kappa shape index (κ2) is 5.14. The molecule has 1 aromatic carbocycles. The van der Waals surface area contributed by atoms with Crippen molar-refractivity contribution in [3.05, 3.63) is 40.6 Å². The van der Waals surface area contributed by atoms with Crippen LogP contribution < -0.4 is 4.90 Å². The summed E-state index contributed by atoms with van der Waals surface area (Å²) in [5, 5.41) is 0.950. The fourth-order valence-electron chi connectivity index (χ4n) is 2.36. The van der Waals surface area contributed by atoms with Crippen molar-refractivity contribution in [1.82, 2.24) is 9.97 Å². The number of fused-ring (bicyclic) bond motifs is 1. The standard InChI is InChI=1S/C14H11BrClN3O/c1-2-8-5-12(20)19(7-8)13-10-6-9(15)3-4-11(10)17-14(16)18-13/h2-4,6,8H,1,5,7H2. The Kier molecular flexibility index (Phi) is 3.48. The molecule has 3 rings (SSSR count). The smallest absolute Gasteiger partial charge is 0.228 e. The number of hydrogen-bond acceptors (Lipinski definition) is 3. The molecular formula is C14H11BrClN3O. The van der Waals surface area contributed by atoms with Crippen LogP contribution in [-0.2, 0) is 4.79 Å². The first-order valence-electron chi connectivity index (χ1n) is 6.14. The Bertz CT molecular complexity index is 719. The predicted octanol–water partition coefficient (Wildman–Crippen LogP) is 3.58. The second-order valence-electron chi connectivity index (χ2n) is 4.68. The first-order chi connectivity index (χ1) is 9.58. The molecule has 2 aromatic rings. The lowest BCUT2D eigenvalue weighted by molar-refractivity contribution is -0.117. The third-order valence-corrected chi connectivity index (χ3v) is 4.02. The number of benzene rings is 1. The Labute approximate surface area is 129 Å². The molecule has 1 aliphatic heterocycles. The molecule has 0 spiro atoms. The highest BCUT2D eigenvalue weighted by atomic mass is 79.9. The van der Waals surface area contributed by atoms with Crippen molar-refractivity contribution < 1.29 is 4.79 Å². The van der Waals surface area contributed by atoms with E-state index in [-0.39, 0.29) is 17.1 Å². The van der Waals surface area contributed by atoms with Crippen LogP contribution in [0.2, 0.25) is 5.28 Å². The minimum atomic E-state index is 0.0333. The fourth-order valence-corrected chi connectivity index (χ4v) is 2.89. The van der Waals surface area contributed by atoms with Crippen LogP contribution >= 0.6 is 27.5 Å². The third kappa shape index (κ3) is 2.31. The van der Waals surface area contributed by atoms with E-state index >= 15 is 0 Å². The van der Waals surface area contributed by atoms with Crippen LogP contribution in [0.4, 0.5) is 5.82 Å². The maximum Gasteiger partial charge on any atom is 0.228 e. The Morgan fingerprint density at radius 1 is 1.45 bits per heavy atom. The molecule has 0 N–H and O–H groups in total. The highest BCUT2D eigenvalue weighted by Crippen LogP contribution is 2.32. The maximum atomic E-state index is 12.1. The Balaban J connectivity index is 2.17. The molecule has 0 bridgehead atoms. The molecule has 6 heteroatoms. The van der Waals surface area contributed by atoms with Crippen molar-refractivity contribution in [2.24, 2.45) is 5.92 Å². The van der Waals surface area contributed by atoms with Crippen molar-refractivity contribution in [2.45, 2.75) is 6.42 Å². The van der Waals surface area contributed by atoms with Crippen LogP contribution in [0.25, 0.3) is 10.9 Å². The van der Waals surface area contributed by atoms with Gasteiger partial charge in [0.2, 0.25) is 11.2 Å². The SMILES string of the molecule is C=CC1CC(=O)N(c2nc(Cl)nc3ccc(Br)cc23)C1. The second-order valence-corrected chi connectivity index (χ2v) is 5.94. The lowest BCUT2D eigenvalue weighted by atomic mass is 10.1. The van der Waals surface area contributed by atoms with Gasteiger partial charge in [0.1, 0.15) is 5.82 Å². The first kappa shape index (κ1) is 13.5. The zero-order valence-electron chi connectivity index (χ0n) is 10.5. The summed E-state index contributed by atoms with van der Waals surface area (Å²) < 4.78 is 0.907. The van der Waals surface area contributed by atoms with Gasteiger partial charge in [-0.2, -0.15) is 4.98 Å². The van der Waals surface area contributed by atoms with Gasteiger partial charge in [0.15, 0.2) is 0 Å². The van der Waals surface area contributed by atoms with Gasteiger partial charge >= 0.3 is 0 Å². The quantitative estimate of drug-likeness (QED) is 0.613. The van der Waals surface area contributed by atoms with Gasteiger partial charge < -0.3 is 0 Å². The van der Waals surface area contributed by atoms with Crippen molar-refractivity contribution >= 4 is 50.2 Å². The van der Waals surface area contributed by atoms with E-state index in [9.17, 15) is 4.79 Å². The molecule has 1 amide bonds. The van der Waals surface area contributed by atoms with Gasteiger partial charge in [-0.1, -0.05) is 22.0 Å². The number of rotatable bonds is 2. The Hall–Kier alpha value is -1.46. The number of halogens is 2. The third-order valence-electron chi connectivity index (χ3n) is 3.35. The molecule has 20 heavy (non-hydrogen) atoms. The average molecular weight is 353 g/mol. The summed E-state index contributed by atoms with van der Waals surface area (Å²) in [7, 11) is 0. The van der Waals surface area contributed by atoms with Crippen molar-refractivity contribution in [3.8, 4) is 0 Å². The monoisotopic (exact) mass is 351 g/mol. The summed E-state index contributed by atoms with van der Waals surface area (Å²) in [5.41, 5.74) is 0.720. The number of amides is 1. The number of nitrogens with zero attached hydrogens (tertiary/aromatic N) is 3. The van der Waals surface area contributed by atoms with E-state index in [2.05, 4.69) is 32.5 Å². The van der Waals surface area contributed by atoms with E-state index in [1.807, 2.05) is 18.2 Å². The van der Waals surface area contributed by atoms with Crippen molar-refractivity contribution in [1.29, 1.82) is 0 Å². The van der Waals surface area contributed by atoms with Gasteiger partial charge in [-0.25, -0.2) is 4.98 Å². The van der Waals surface area contributed by atoms with Gasteiger partial charge in [0.05, 0.1) is 5.52 Å². The van der Waals surface area contributed by atoms with Crippen LogP contribution in [0.5, 0.6) is 0 Å². The number of hydrogen-bond donors (Lipinski definition) is 0. The van der Waals surface area contributed by atoms with Crippen LogP contribution in [0.15, 0.2) is 35.3 Å². The molecule has 4 nitrogen and oxygen atoms in total. The number of carbonyl (C=O) groups is 1. The predicted molar refractivity (Wildman–Crippen MR) is 82.9 cm³/mol. The molecule has 1 aliphatic rings. The first-order valence-corrected chi connectivity index (χ1v) is 7.31. The van der Waals surface area contributed by atoms with E-state index in [0.29, 0.717) is 18.8 Å². The minimum absolute atomic E-state index is 0.0333. The molecule has 1 aromatic heterocycles. The van der Waals surface area contributed by atoms with Gasteiger partial charge in [-0.15, -0.1) is 6.58 Å². The summed E-state index contributed by atoms with van der Waals surface area (Å²) in [4.78, 5) is 22.2. The maximum absolute atomic E-state index is 12.1. The molecule has 0 aliphatic carbocycles. The lowest BCUT2D eigenvalue weighted by Crippen LogP contribution is -2.25.